The normalized spacial score (nSPS) is 13.2. The minimum atomic E-state index is -1.40. The maximum atomic E-state index is 10.8. The van der Waals surface area contributed by atoms with Crippen molar-refractivity contribution < 1.29 is 30.0 Å². The van der Waals surface area contributed by atoms with Crippen LogP contribution in [0.2, 0.25) is 0 Å². The van der Waals surface area contributed by atoms with E-state index >= 15 is 0 Å². The number of carbonyl (C=O) groups excluding carboxylic acids is 2. The standard InChI is InChI=1S/C18H20N2O6/c19-13(17(23)24)7-9-1-3-15(21)11(5-9)12-6-10(2-4-16(12)22)8-14(20)18(25)26/h1-6,13-14,21-22H,7-8,19-20H2,(H,23,24)(H,25,26)/p-2. The van der Waals surface area contributed by atoms with Gasteiger partial charge in [0.25, 0.3) is 0 Å². The quantitative estimate of drug-likeness (QED) is 0.440. The summed E-state index contributed by atoms with van der Waals surface area (Å²) < 4.78 is 0. The number of phenolic OH excluding ortho intramolecular Hbond substituents is 2. The van der Waals surface area contributed by atoms with Crippen molar-refractivity contribution >= 4 is 11.9 Å². The van der Waals surface area contributed by atoms with Crippen LogP contribution >= 0.6 is 0 Å². The Morgan fingerprint density at radius 1 is 0.808 bits per heavy atom. The first-order chi connectivity index (χ1) is 12.2. The van der Waals surface area contributed by atoms with E-state index in [1.807, 2.05) is 0 Å². The van der Waals surface area contributed by atoms with E-state index in [2.05, 4.69) is 0 Å². The van der Waals surface area contributed by atoms with Gasteiger partial charge in [-0.15, -0.1) is 0 Å². The zero-order valence-electron chi connectivity index (χ0n) is 13.7. The Labute approximate surface area is 149 Å². The third-order valence-corrected chi connectivity index (χ3v) is 3.93. The Hall–Kier alpha value is -3.10. The Kier molecular flexibility index (Phi) is 5.81. The highest BCUT2D eigenvalue weighted by Crippen LogP contribution is 2.36. The summed E-state index contributed by atoms with van der Waals surface area (Å²) in [4.78, 5) is 21.6. The molecular formula is C18H18N2O6-2. The molecule has 0 spiro atoms. The van der Waals surface area contributed by atoms with Gasteiger partial charge in [0.2, 0.25) is 0 Å². The van der Waals surface area contributed by atoms with Crippen LogP contribution in [0, 0.1) is 0 Å². The van der Waals surface area contributed by atoms with Crippen molar-refractivity contribution in [2.24, 2.45) is 11.5 Å². The smallest absolute Gasteiger partial charge is 0.123 e. The minimum absolute atomic E-state index is 0.0222. The number of hydrogen-bond donors (Lipinski definition) is 4. The van der Waals surface area contributed by atoms with Gasteiger partial charge in [-0.2, -0.15) is 0 Å². The van der Waals surface area contributed by atoms with Gasteiger partial charge in [-0.1, -0.05) is 12.1 Å². The molecule has 0 bridgehead atoms. The molecule has 2 unspecified atom stereocenters. The van der Waals surface area contributed by atoms with E-state index < -0.39 is 24.0 Å². The molecule has 8 nitrogen and oxygen atoms in total. The minimum Gasteiger partial charge on any atom is -0.548 e. The fourth-order valence-corrected chi connectivity index (χ4v) is 2.53. The summed E-state index contributed by atoms with van der Waals surface area (Å²) >= 11 is 0. The highest BCUT2D eigenvalue weighted by molar-refractivity contribution is 5.77. The zero-order valence-corrected chi connectivity index (χ0v) is 13.7. The fraction of sp³-hybridized carbons (Fsp3) is 0.222. The van der Waals surface area contributed by atoms with Crippen LogP contribution in [0.5, 0.6) is 11.5 Å². The van der Waals surface area contributed by atoms with Crippen molar-refractivity contribution in [3.8, 4) is 22.6 Å². The highest BCUT2D eigenvalue weighted by Gasteiger charge is 2.14. The van der Waals surface area contributed by atoms with Crippen molar-refractivity contribution in [3.63, 3.8) is 0 Å². The van der Waals surface area contributed by atoms with Gasteiger partial charge in [0, 0.05) is 23.2 Å². The van der Waals surface area contributed by atoms with E-state index in [-0.39, 0.29) is 35.5 Å². The lowest BCUT2D eigenvalue weighted by molar-refractivity contribution is -0.308. The average molecular weight is 358 g/mol. The number of phenols is 2. The molecular weight excluding hydrogens is 340 g/mol. The van der Waals surface area contributed by atoms with Gasteiger partial charge in [-0.3, -0.25) is 0 Å². The second kappa shape index (κ2) is 7.85. The van der Waals surface area contributed by atoms with Crippen molar-refractivity contribution in [2.45, 2.75) is 24.9 Å². The maximum absolute atomic E-state index is 10.8. The molecule has 26 heavy (non-hydrogen) atoms. The molecule has 0 aliphatic carbocycles. The van der Waals surface area contributed by atoms with Crippen LogP contribution in [0.1, 0.15) is 11.1 Å². The van der Waals surface area contributed by atoms with Crippen molar-refractivity contribution in [1.29, 1.82) is 0 Å². The molecule has 2 atom stereocenters. The number of carbonyl (C=O) groups is 2. The summed E-state index contributed by atoms with van der Waals surface area (Å²) in [7, 11) is 0. The summed E-state index contributed by atoms with van der Waals surface area (Å²) in [5, 5.41) is 41.8. The molecule has 0 fully saturated rings. The third kappa shape index (κ3) is 4.50. The fourth-order valence-electron chi connectivity index (χ4n) is 2.53. The average Bonchev–Trinajstić information content (AvgIpc) is 2.58. The van der Waals surface area contributed by atoms with Gasteiger partial charge in [0.1, 0.15) is 11.5 Å². The van der Waals surface area contributed by atoms with Gasteiger partial charge in [0.15, 0.2) is 0 Å². The Bertz CT molecular complexity index is 767. The van der Waals surface area contributed by atoms with E-state index in [9.17, 15) is 30.0 Å². The zero-order chi connectivity index (χ0) is 19.4. The number of benzene rings is 2. The largest absolute Gasteiger partial charge is 0.548 e. The van der Waals surface area contributed by atoms with Gasteiger partial charge in [0.05, 0.1) is 11.9 Å². The molecule has 6 N–H and O–H groups in total. The molecule has 138 valence electrons. The van der Waals surface area contributed by atoms with E-state index in [1.165, 1.54) is 36.4 Å². The molecule has 0 aliphatic rings. The third-order valence-electron chi connectivity index (χ3n) is 3.93. The van der Waals surface area contributed by atoms with Gasteiger partial charge in [-0.05, 0) is 48.2 Å². The number of aliphatic carboxylic acids is 2. The van der Waals surface area contributed by atoms with Gasteiger partial charge < -0.3 is 41.5 Å². The van der Waals surface area contributed by atoms with Crippen molar-refractivity contribution in [1.82, 2.24) is 0 Å². The van der Waals surface area contributed by atoms with Gasteiger partial charge in [-0.25, -0.2) is 0 Å². The number of hydrogen-bond acceptors (Lipinski definition) is 8. The van der Waals surface area contributed by atoms with Crippen molar-refractivity contribution in [3.05, 3.63) is 47.5 Å². The predicted octanol–water partition coefficient (Wildman–Crippen LogP) is -2.00. The summed E-state index contributed by atoms with van der Waals surface area (Å²) in [6, 6.07) is 6.29. The van der Waals surface area contributed by atoms with Crippen LogP contribution in [0.4, 0.5) is 0 Å². The molecule has 0 saturated heterocycles. The summed E-state index contributed by atoms with van der Waals surface area (Å²) in [5.74, 6) is -3.10. The molecule has 8 heteroatoms. The topological polar surface area (TPSA) is 173 Å². The number of carboxylic acid groups (broad SMARTS) is 2. The molecule has 0 heterocycles. The van der Waals surface area contributed by atoms with Crippen LogP contribution in [0.3, 0.4) is 0 Å². The Balaban J connectivity index is 2.40. The summed E-state index contributed by atoms with van der Waals surface area (Å²) in [6.45, 7) is 0. The van der Waals surface area contributed by atoms with E-state index in [0.29, 0.717) is 11.1 Å². The molecule has 2 aromatic carbocycles. The van der Waals surface area contributed by atoms with Gasteiger partial charge >= 0.3 is 0 Å². The molecule has 0 amide bonds. The lowest BCUT2D eigenvalue weighted by Gasteiger charge is -2.16. The molecule has 2 rings (SSSR count). The highest BCUT2D eigenvalue weighted by atomic mass is 16.4. The van der Waals surface area contributed by atoms with E-state index in [0.717, 1.165) is 0 Å². The molecule has 0 radical (unpaired) electrons. The molecule has 0 saturated carbocycles. The van der Waals surface area contributed by atoms with E-state index in [1.54, 1.807) is 0 Å². The maximum Gasteiger partial charge on any atom is 0.123 e. The number of nitrogens with two attached hydrogens (primary N) is 2. The number of rotatable bonds is 7. The van der Waals surface area contributed by atoms with Crippen LogP contribution in [-0.2, 0) is 22.4 Å². The second-order valence-electron chi connectivity index (χ2n) is 5.96. The van der Waals surface area contributed by atoms with Crippen LogP contribution in [-0.4, -0.2) is 34.2 Å². The second-order valence-corrected chi connectivity index (χ2v) is 5.96. The summed E-state index contributed by atoms with van der Waals surface area (Å²) in [5.41, 5.74) is 12.5. The monoisotopic (exact) mass is 358 g/mol. The summed E-state index contributed by atoms with van der Waals surface area (Å²) in [6.07, 6.45) is -0.0444. The first kappa shape index (κ1) is 19.2. The van der Waals surface area contributed by atoms with Crippen LogP contribution < -0.4 is 21.7 Å². The lowest BCUT2D eigenvalue weighted by Crippen LogP contribution is -2.43. The number of aromatic hydroxyl groups is 2. The van der Waals surface area contributed by atoms with Crippen molar-refractivity contribution in [2.75, 3.05) is 0 Å². The lowest BCUT2D eigenvalue weighted by atomic mass is 9.95. The SMILES string of the molecule is NC(Cc1ccc(O)c(-c2cc(CC(N)C(=O)[O-])ccc2O)c1)C(=O)[O-]. The predicted molar refractivity (Wildman–Crippen MR) is 88.6 cm³/mol. The molecule has 2 aromatic rings. The van der Waals surface area contributed by atoms with Crippen LogP contribution in [0.15, 0.2) is 36.4 Å². The Morgan fingerprint density at radius 3 is 1.46 bits per heavy atom. The molecule has 0 aromatic heterocycles. The number of carboxylic acids is 2. The van der Waals surface area contributed by atoms with E-state index in [4.69, 9.17) is 11.5 Å². The van der Waals surface area contributed by atoms with Crippen LogP contribution in [0.25, 0.3) is 11.1 Å². The molecule has 0 aliphatic heterocycles. The first-order valence-electron chi connectivity index (χ1n) is 7.76. The first-order valence-corrected chi connectivity index (χ1v) is 7.76. The Morgan fingerprint density at radius 2 is 1.15 bits per heavy atom.